The monoisotopic (exact) mass is 311 g/mol. The van der Waals surface area contributed by atoms with Gasteiger partial charge in [-0.15, -0.1) is 0 Å². The maximum Gasteiger partial charge on any atom is 0.164 e. The molecule has 2 heterocycles. The lowest BCUT2D eigenvalue weighted by molar-refractivity contribution is 0.352. The normalized spacial score (nSPS) is 10.6. The quantitative estimate of drug-likeness (QED) is 0.802. The Morgan fingerprint density at radius 3 is 2.52 bits per heavy atom. The van der Waals surface area contributed by atoms with Crippen LogP contribution >= 0.6 is 0 Å². The van der Waals surface area contributed by atoms with Crippen LogP contribution in [0.15, 0.2) is 42.7 Å². The smallest absolute Gasteiger partial charge is 0.164 e. The SMILES string of the molecule is COc1cc(O)c(-c2ccn(-c3ncccc3C)n2)cc1OC. The van der Waals surface area contributed by atoms with E-state index in [0.717, 1.165) is 11.4 Å². The first-order valence-electron chi connectivity index (χ1n) is 7.07. The molecule has 23 heavy (non-hydrogen) atoms. The Kier molecular flexibility index (Phi) is 3.89. The zero-order valence-electron chi connectivity index (χ0n) is 13.1. The molecule has 0 radical (unpaired) electrons. The molecule has 0 amide bonds. The first-order chi connectivity index (χ1) is 11.1. The van der Waals surface area contributed by atoms with Gasteiger partial charge in [-0.05, 0) is 30.7 Å². The molecule has 6 heteroatoms. The molecule has 1 N–H and O–H groups in total. The highest BCUT2D eigenvalue weighted by atomic mass is 16.5. The fraction of sp³-hybridized carbons (Fsp3) is 0.176. The highest BCUT2D eigenvalue weighted by molar-refractivity contribution is 5.71. The van der Waals surface area contributed by atoms with E-state index in [9.17, 15) is 5.11 Å². The molecule has 0 bridgehead atoms. The number of hydrogen-bond donors (Lipinski definition) is 1. The Labute approximate surface area is 133 Å². The van der Waals surface area contributed by atoms with E-state index in [2.05, 4.69) is 10.1 Å². The van der Waals surface area contributed by atoms with Crippen LogP contribution < -0.4 is 9.47 Å². The number of pyridine rings is 1. The van der Waals surface area contributed by atoms with Gasteiger partial charge < -0.3 is 14.6 Å². The largest absolute Gasteiger partial charge is 0.507 e. The minimum absolute atomic E-state index is 0.0747. The third kappa shape index (κ3) is 2.70. The van der Waals surface area contributed by atoms with E-state index in [4.69, 9.17) is 9.47 Å². The number of phenols is 1. The van der Waals surface area contributed by atoms with Gasteiger partial charge in [-0.3, -0.25) is 0 Å². The molecule has 0 aliphatic rings. The standard InChI is InChI=1S/C17H17N3O3/c1-11-5-4-7-18-17(11)20-8-6-13(19-20)12-9-15(22-2)16(23-3)10-14(12)21/h4-10,21H,1-3H3. The second-order valence-electron chi connectivity index (χ2n) is 5.01. The summed E-state index contributed by atoms with van der Waals surface area (Å²) in [6.45, 7) is 1.97. The summed E-state index contributed by atoms with van der Waals surface area (Å²) in [7, 11) is 3.07. The molecule has 118 valence electrons. The van der Waals surface area contributed by atoms with Crippen molar-refractivity contribution in [2.75, 3.05) is 14.2 Å². The lowest BCUT2D eigenvalue weighted by Crippen LogP contribution is -2.00. The van der Waals surface area contributed by atoms with Crippen LogP contribution in [0.3, 0.4) is 0 Å². The Balaban J connectivity index is 2.06. The van der Waals surface area contributed by atoms with Crippen LogP contribution in [0.4, 0.5) is 0 Å². The maximum absolute atomic E-state index is 10.2. The van der Waals surface area contributed by atoms with Crippen LogP contribution in [0.2, 0.25) is 0 Å². The number of aromatic hydroxyl groups is 1. The van der Waals surface area contributed by atoms with E-state index in [1.165, 1.54) is 13.2 Å². The number of aryl methyl sites for hydroxylation is 1. The molecule has 0 unspecified atom stereocenters. The van der Waals surface area contributed by atoms with Crippen LogP contribution in [0.1, 0.15) is 5.56 Å². The van der Waals surface area contributed by atoms with Crippen molar-refractivity contribution >= 4 is 0 Å². The highest BCUT2D eigenvalue weighted by Crippen LogP contribution is 2.38. The second-order valence-corrected chi connectivity index (χ2v) is 5.01. The molecule has 0 saturated carbocycles. The van der Waals surface area contributed by atoms with Crippen molar-refractivity contribution in [3.05, 3.63) is 48.3 Å². The average Bonchev–Trinajstić information content (AvgIpc) is 3.04. The summed E-state index contributed by atoms with van der Waals surface area (Å²) in [5.41, 5.74) is 2.20. The van der Waals surface area contributed by atoms with Crippen molar-refractivity contribution in [3.8, 4) is 34.3 Å². The maximum atomic E-state index is 10.2. The number of benzene rings is 1. The first-order valence-corrected chi connectivity index (χ1v) is 7.07. The van der Waals surface area contributed by atoms with Gasteiger partial charge in [0, 0.05) is 24.0 Å². The number of ether oxygens (including phenoxy) is 2. The molecular formula is C17H17N3O3. The highest BCUT2D eigenvalue weighted by Gasteiger charge is 2.15. The van der Waals surface area contributed by atoms with E-state index in [1.807, 2.05) is 25.1 Å². The molecule has 6 nitrogen and oxygen atoms in total. The van der Waals surface area contributed by atoms with Crippen molar-refractivity contribution in [1.82, 2.24) is 14.8 Å². The van der Waals surface area contributed by atoms with Gasteiger partial charge in [-0.1, -0.05) is 6.07 Å². The summed E-state index contributed by atoms with van der Waals surface area (Å²) in [6, 6.07) is 8.88. The first kappa shape index (κ1) is 14.9. The molecule has 3 rings (SSSR count). The molecule has 0 aliphatic heterocycles. The average molecular weight is 311 g/mol. The van der Waals surface area contributed by atoms with E-state index in [-0.39, 0.29) is 5.75 Å². The van der Waals surface area contributed by atoms with E-state index >= 15 is 0 Å². The van der Waals surface area contributed by atoms with Gasteiger partial charge in [0.25, 0.3) is 0 Å². The summed E-state index contributed by atoms with van der Waals surface area (Å²) in [4.78, 5) is 4.33. The van der Waals surface area contributed by atoms with Crippen molar-refractivity contribution in [3.63, 3.8) is 0 Å². The van der Waals surface area contributed by atoms with Gasteiger partial charge in [-0.2, -0.15) is 5.10 Å². The summed E-state index contributed by atoms with van der Waals surface area (Å²) in [6.07, 6.45) is 3.53. The van der Waals surface area contributed by atoms with Crippen molar-refractivity contribution < 1.29 is 14.6 Å². The predicted octanol–water partition coefficient (Wildman–Crippen LogP) is 2.97. The Morgan fingerprint density at radius 1 is 1.09 bits per heavy atom. The molecular weight excluding hydrogens is 294 g/mol. The van der Waals surface area contributed by atoms with Crippen LogP contribution in [0, 0.1) is 6.92 Å². The molecule has 3 aromatic rings. The molecule has 0 aliphatic carbocycles. The van der Waals surface area contributed by atoms with Crippen molar-refractivity contribution in [2.45, 2.75) is 6.92 Å². The number of hydrogen-bond acceptors (Lipinski definition) is 5. The topological polar surface area (TPSA) is 69.4 Å². The molecule has 0 fully saturated rings. The Hall–Kier alpha value is -3.02. The van der Waals surface area contributed by atoms with Crippen molar-refractivity contribution in [1.29, 1.82) is 0 Å². The second kappa shape index (κ2) is 6.00. The zero-order chi connectivity index (χ0) is 16.4. The van der Waals surface area contributed by atoms with E-state index in [1.54, 1.807) is 30.3 Å². The van der Waals surface area contributed by atoms with Crippen molar-refractivity contribution in [2.24, 2.45) is 0 Å². The predicted molar refractivity (Wildman–Crippen MR) is 86.3 cm³/mol. The molecule has 0 saturated heterocycles. The van der Waals surface area contributed by atoms with Crippen LogP contribution in [-0.2, 0) is 0 Å². The molecule has 1 aromatic carbocycles. The lowest BCUT2D eigenvalue weighted by Gasteiger charge is -2.10. The lowest BCUT2D eigenvalue weighted by atomic mass is 10.1. The van der Waals surface area contributed by atoms with Gasteiger partial charge in [0.15, 0.2) is 17.3 Å². The van der Waals surface area contributed by atoms with Crippen LogP contribution in [-0.4, -0.2) is 34.1 Å². The molecule has 0 spiro atoms. The summed E-state index contributed by atoms with van der Waals surface area (Å²) >= 11 is 0. The minimum atomic E-state index is 0.0747. The summed E-state index contributed by atoms with van der Waals surface area (Å²) in [5, 5.41) is 14.7. The molecule has 0 atom stereocenters. The van der Waals surface area contributed by atoms with Gasteiger partial charge >= 0.3 is 0 Å². The Bertz CT molecular complexity index is 843. The van der Waals surface area contributed by atoms with Gasteiger partial charge in [0.05, 0.1) is 19.9 Å². The summed E-state index contributed by atoms with van der Waals surface area (Å²) < 4.78 is 12.1. The van der Waals surface area contributed by atoms with Crippen LogP contribution in [0.25, 0.3) is 17.1 Å². The zero-order valence-corrected chi connectivity index (χ0v) is 13.1. The van der Waals surface area contributed by atoms with E-state index < -0.39 is 0 Å². The number of nitrogens with zero attached hydrogens (tertiary/aromatic N) is 3. The number of aromatic nitrogens is 3. The summed E-state index contributed by atoms with van der Waals surface area (Å²) in [5.74, 6) is 1.82. The number of methoxy groups -OCH3 is 2. The third-order valence-electron chi connectivity index (χ3n) is 3.57. The van der Waals surface area contributed by atoms with Gasteiger partial charge in [0.2, 0.25) is 0 Å². The minimum Gasteiger partial charge on any atom is -0.507 e. The Morgan fingerprint density at radius 2 is 1.83 bits per heavy atom. The molecule has 2 aromatic heterocycles. The van der Waals surface area contributed by atoms with E-state index in [0.29, 0.717) is 22.8 Å². The number of phenolic OH excluding ortho intramolecular Hbond substituents is 1. The third-order valence-corrected chi connectivity index (χ3v) is 3.57. The fourth-order valence-electron chi connectivity index (χ4n) is 2.38. The van der Waals surface area contributed by atoms with Crippen LogP contribution in [0.5, 0.6) is 17.2 Å². The van der Waals surface area contributed by atoms with Gasteiger partial charge in [0.1, 0.15) is 5.75 Å². The number of rotatable bonds is 4. The van der Waals surface area contributed by atoms with Gasteiger partial charge in [-0.25, -0.2) is 9.67 Å². The fourth-order valence-corrected chi connectivity index (χ4v) is 2.38.